The Morgan fingerprint density at radius 1 is 1.07 bits per heavy atom. The highest BCUT2D eigenvalue weighted by Gasteiger charge is 2.69. The fourth-order valence-corrected chi connectivity index (χ4v) is 9.56. The van der Waals surface area contributed by atoms with E-state index in [1.807, 2.05) is 6.92 Å². The van der Waals surface area contributed by atoms with Crippen LogP contribution in [0.25, 0.3) is 0 Å². The highest BCUT2D eigenvalue weighted by molar-refractivity contribution is 5.96. The highest BCUT2D eigenvalue weighted by atomic mass is 16.6. The van der Waals surface area contributed by atoms with Crippen molar-refractivity contribution in [3.8, 4) is 0 Å². The lowest BCUT2D eigenvalue weighted by atomic mass is 9.44. The number of allylic oxidation sites excluding steroid dienone is 2. The third kappa shape index (κ3) is 2.48. The molecule has 5 rings (SSSR count). The number of hydrogen-bond acceptors (Lipinski definition) is 3. The van der Waals surface area contributed by atoms with Crippen LogP contribution >= 0.6 is 0 Å². The molecule has 4 fully saturated rings. The van der Waals surface area contributed by atoms with Gasteiger partial charge in [0.1, 0.15) is 12.9 Å². The van der Waals surface area contributed by atoms with Crippen molar-refractivity contribution >= 4 is 11.5 Å². The molecule has 160 valence electrons. The lowest BCUT2D eigenvalue weighted by Gasteiger charge is -2.60. The Morgan fingerprint density at radius 2 is 1.90 bits per heavy atom. The first-order valence-corrected chi connectivity index (χ1v) is 12.2. The molecular weight excluding hydrogens is 358 g/mol. The maximum Gasteiger partial charge on any atom is 0.136 e. The zero-order valence-electron chi connectivity index (χ0n) is 18.9. The van der Waals surface area contributed by atoms with Crippen molar-refractivity contribution in [2.45, 2.75) is 91.4 Å². The van der Waals surface area contributed by atoms with Crippen LogP contribution in [-0.2, 0) is 9.63 Å². The normalized spacial score (nSPS) is 50.1. The van der Waals surface area contributed by atoms with E-state index < -0.39 is 0 Å². The fraction of sp³-hybridized carbons (Fsp3) is 0.846. The summed E-state index contributed by atoms with van der Waals surface area (Å²) in [6, 6.07) is 0. The molecule has 0 heterocycles. The number of hydrogen-bond donors (Lipinski definition) is 0. The molecule has 0 bridgehead atoms. The predicted molar refractivity (Wildman–Crippen MR) is 117 cm³/mol. The molecule has 0 aliphatic heterocycles. The fourth-order valence-electron chi connectivity index (χ4n) is 9.56. The van der Waals surface area contributed by atoms with Crippen LogP contribution in [0.2, 0.25) is 0 Å². The van der Waals surface area contributed by atoms with E-state index in [1.54, 1.807) is 12.7 Å². The minimum atomic E-state index is -0.0111. The lowest BCUT2D eigenvalue weighted by molar-refractivity contribution is -0.147. The summed E-state index contributed by atoms with van der Waals surface area (Å²) in [4.78, 5) is 18.2. The first-order chi connectivity index (χ1) is 13.9. The highest BCUT2D eigenvalue weighted by Crippen LogP contribution is 2.74. The van der Waals surface area contributed by atoms with E-state index in [2.05, 4.69) is 25.1 Å². The van der Waals surface area contributed by atoms with Gasteiger partial charge < -0.3 is 4.84 Å². The van der Waals surface area contributed by atoms with Crippen molar-refractivity contribution in [2.24, 2.45) is 45.1 Å². The zero-order chi connectivity index (χ0) is 20.4. The van der Waals surface area contributed by atoms with Gasteiger partial charge in [-0.15, -0.1) is 0 Å². The Kier molecular flexibility index (Phi) is 4.57. The minimum absolute atomic E-state index is 0.0111. The Hall–Kier alpha value is -1.12. The molecule has 29 heavy (non-hydrogen) atoms. The summed E-state index contributed by atoms with van der Waals surface area (Å²) >= 11 is 0. The number of carbonyl (C=O) groups is 1. The molecule has 5 aliphatic rings. The Balaban J connectivity index is 1.50. The number of ketones is 1. The summed E-state index contributed by atoms with van der Waals surface area (Å²) in [5, 5.41) is 4.25. The summed E-state index contributed by atoms with van der Waals surface area (Å²) < 4.78 is 0. The standard InChI is InChI=1S/C26H39NO2/c1-17(28)26-12-6-5-7-19(26)16-23-21-9-8-18-15-20(27-29-4)10-13-24(18,2)22(21)11-14-25(23,26)3/h15,19,21-23H,5-14,16H2,1-4H3/b27-20-/t19-,21+,22-,23+,24+,25+,26-/m1/s1. The van der Waals surface area contributed by atoms with Gasteiger partial charge >= 0.3 is 0 Å². The molecule has 5 aliphatic carbocycles. The minimum Gasteiger partial charge on any atom is -0.399 e. The second-order valence-corrected chi connectivity index (χ2v) is 11.4. The van der Waals surface area contributed by atoms with E-state index in [4.69, 9.17) is 4.84 Å². The van der Waals surface area contributed by atoms with Crippen LogP contribution in [0.15, 0.2) is 16.8 Å². The first kappa shape index (κ1) is 19.8. The molecule has 4 saturated carbocycles. The van der Waals surface area contributed by atoms with Crippen molar-refractivity contribution in [3.05, 3.63) is 11.6 Å². The average molecular weight is 398 g/mol. The van der Waals surface area contributed by atoms with Crippen LogP contribution in [0, 0.1) is 39.9 Å². The molecule has 0 unspecified atom stereocenters. The van der Waals surface area contributed by atoms with E-state index in [9.17, 15) is 4.79 Å². The molecule has 0 N–H and O–H groups in total. The van der Waals surface area contributed by atoms with Crippen molar-refractivity contribution < 1.29 is 9.63 Å². The van der Waals surface area contributed by atoms with Crippen LogP contribution < -0.4 is 0 Å². The van der Waals surface area contributed by atoms with E-state index in [1.165, 1.54) is 57.8 Å². The average Bonchev–Trinajstić information content (AvgIpc) is 2.98. The lowest BCUT2D eigenvalue weighted by Crippen LogP contribution is -2.55. The third-order valence-corrected chi connectivity index (χ3v) is 10.8. The third-order valence-electron chi connectivity index (χ3n) is 10.8. The van der Waals surface area contributed by atoms with Crippen LogP contribution in [0.4, 0.5) is 0 Å². The topological polar surface area (TPSA) is 38.7 Å². The van der Waals surface area contributed by atoms with E-state index in [-0.39, 0.29) is 10.8 Å². The largest absolute Gasteiger partial charge is 0.399 e. The molecule has 3 nitrogen and oxygen atoms in total. The molecule has 7 atom stereocenters. The van der Waals surface area contributed by atoms with E-state index in [0.717, 1.165) is 36.3 Å². The summed E-state index contributed by atoms with van der Waals surface area (Å²) in [6.07, 6.45) is 16.1. The van der Waals surface area contributed by atoms with Crippen molar-refractivity contribution in [1.29, 1.82) is 0 Å². The van der Waals surface area contributed by atoms with Gasteiger partial charge in [0, 0.05) is 5.41 Å². The van der Waals surface area contributed by atoms with Gasteiger partial charge in [-0.05, 0) is 105 Å². The van der Waals surface area contributed by atoms with Crippen molar-refractivity contribution in [3.63, 3.8) is 0 Å². The van der Waals surface area contributed by atoms with Gasteiger partial charge in [0.05, 0.1) is 5.71 Å². The van der Waals surface area contributed by atoms with Crippen molar-refractivity contribution in [1.82, 2.24) is 0 Å². The molecule has 0 amide bonds. The van der Waals surface area contributed by atoms with Crippen LogP contribution in [0.5, 0.6) is 0 Å². The predicted octanol–water partition coefficient (Wildman–Crippen LogP) is 6.33. The SMILES string of the molecule is CO/N=C1\C=C2CC[C@H]3[C@@H](CC[C@@]4(C)[C@H]3C[C@H]3CCCC[C@@]34C(C)=O)[C@@]2(C)CC1. The monoisotopic (exact) mass is 397 g/mol. The molecule has 0 saturated heterocycles. The number of Topliss-reactive ketones (excluding diaryl/α,β-unsaturated/α-hetero) is 1. The summed E-state index contributed by atoms with van der Waals surface area (Å²) in [5.41, 5.74) is 3.30. The van der Waals surface area contributed by atoms with E-state index >= 15 is 0 Å². The Morgan fingerprint density at radius 3 is 2.66 bits per heavy atom. The second kappa shape index (κ2) is 6.69. The summed E-state index contributed by atoms with van der Waals surface area (Å²) in [7, 11) is 1.66. The number of carbonyl (C=O) groups excluding carboxylic acids is 1. The van der Waals surface area contributed by atoms with Crippen LogP contribution in [0.3, 0.4) is 0 Å². The molecule has 0 aromatic heterocycles. The van der Waals surface area contributed by atoms with Gasteiger partial charge in [0.2, 0.25) is 0 Å². The van der Waals surface area contributed by atoms with Gasteiger partial charge in [-0.3, -0.25) is 4.79 Å². The Bertz CT molecular complexity index is 769. The van der Waals surface area contributed by atoms with Gasteiger partial charge in [-0.1, -0.05) is 37.4 Å². The number of rotatable bonds is 2. The quantitative estimate of drug-likeness (QED) is 0.511. The van der Waals surface area contributed by atoms with E-state index in [0.29, 0.717) is 17.1 Å². The van der Waals surface area contributed by atoms with Gasteiger partial charge in [0.15, 0.2) is 0 Å². The van der Waals surface area contributed by atoms with Crippen LogP contribution in [0.1, 0.15) is 91.4 Å². The smallest absolute Gasteiger partial charge is 0.136 e. The molecule has 0 aromatic rings. The molecule has 0 spiro atoms. The van der Waals surface area contributed by atoms with Gasteiger partial charge in [0.25, 0.3) is 0 Å². The number of fused-ring (bicyclic) bond motifs is 7. The van der Waals surface area contributed by atoms with Crippen LogP contribution in [-0.4, -0.2) is 18.6 Å². The van der Waals surface area contributed by atoms with Crippen molar-refractivity contribution in [2.75, 3.05) is 7.11 Å². The number of nitrogens with zero attached hydrogens (tertiary/aromatic N) is 1. The number of oxime groups is 1. The molecule has 3 heteroatoms. The summed E-state index contributed by atoms with van der Waals surface area (Å²) in [5.74, 6) is 3.51. The van der Waals surface area contributed by atoms with Gasteiger partial charge in [-0.2, -0.15) is 0 Å². The molecular formula is C26H39NO2. The molecule has 0 radical (unpaired) electrons. The summed E-state index contributed by atoms with van der Waals surface area (Å²) in [6.45, 7) is 7.02. The molecule has 0 aromatic carbocycles. The van der Waals surface area contributed by atoms with Gasteiger partial charge in [-0.25, -0.2) is 0 Å². The maximum absolute atomic E-state index is 13.2. The Labute approximate surface area is 176 Å². The first-order valence-electron chi connectivity index (χ1n) is 12.2. The maximum atomic E-state index is 13.2. The second-order valence-electron chi connectivity index (χ2n) is 11.4. The zero-order valence-corrected chi connectivity index (χ0v) is 18.9.